The summed E-state index contributed by atoms with van der Waals surface area (Å²) in [5.41, 5.74) is -4.12. The number of benzene rings is 2. The van der Waals surface area contributed by atoms with E-state index in [1.807, 2.05) is 0 Å². The molecule has 0 unspecified atom stereocenters. The summed E-state index contributed by atoms with van der Waals surface area (Å²) in [4.78, 5) is 43.5. The predicted octanol–water partition coefficient (Wildman–Crippen LogP) is 7.16. The van der Waals surface area contributed by atoms with Crippen molar-refractivity contribution in [3.63, 3.8) is 0 Å². The van der Waals surface area contributed by atoms with Crippen LogP contribution in [0.4, 0.5) is 35.1 Å². The number of unbranched alkanes of at least 4 members (excludes halogenated alkanes) is 6. The lowest BCUT2D eigenvalue weighted by Gasteiger charge is -2.16. The molecule has 0 spiro atoms. The van der Waals surface area contributed by atoms with Crippen LogP contribution in [0.2, 0.25) is 0 Å². The Bertz CT molecular complexity index is 1350. The van der Waals surface area contributed by atoms with Crippen molar-refractivity contribution in [2.45, 2.75) is 77.0 Å². The molecule has 0 aliphatic carbocycles. The van der Waals surface area contributed by atoms with E-state index in [2.05, 4.69) is 0 Å². The minimum absolute atomic E-state index is 0.0240. The average Bonchev–Trinajstić information content (AvgIpc) is 3.07. The van der Waals surface area contributed by atoms with Crippen LogP contribution in [0.15, 0.2) is 0 Å². The van der Waals surface area contributed by atoms with Crippen LogP contribution in [0.5, 0.6) is 11.5 Å². The molecule has 10 nitrogen and oxygen atoms in total. The number of carboxylic acid groups (broad SMARTS) is 2. The van der Waals surface area contributed by atoms with Crippen LogP contribution in [0.1, 0.15) is 77.0 Å². The molecule has 0 fully saturated rings. The Hall–Kier alpha value is -4.64. The van der Waals surface area contributed by atoms with Gasteiger partial charge in [-0.3, -0.25) is 19.2 Å². The highest BCUT2D eigenvalue weighted by Gasteiger charge is 2.35. The Morgan fingerprint density at radius 1 is 0.400 bits per heavy atom. The van der Waals surface area contributed by atoms with Crippen LogP contribution < -0.4 is 9.47 Å². The van der Waals surface area contributed by atoms with Gasteiger partial charge in [0.2, 0.25) is 23.3 Å². The van der Waals surface area contributed by atoms with E-state index < -0.39 is 119 Å². The van der Waals surface area contributed by atoms with Gasteiger partial charge in [0.05, 0.1) is 63.2 Å². The molecule has 0 heterocycles. The predicted molar refractivity (Wildman–Crippen MR) is 155 cm³/mol. The van der Waals surface area contributed by atoms with Crippen molar-refractivity contribution < 1.29 is 83.5 Å². The number of ether oxygens (including phenoxy) is 4. The molecule has 0 bridgehead atoms. The quantitative estimate of drug-likeness (QED) is 0.0523. The highest BCUT2D eigenvalue weighted by molar-refractivity contribution is 5.77. The van der Waals surface area contributed by atoms with E-state index in [4.69, 9.17) is 29.2 Å². The van der Waals surface area contributed by atoms with E-state index in [1.54, 1.807) is 0 Å². The van der Waals surface area contributed by atoms with Gasteiger partial charge in [0.15, 0.2) is 34.8 Å². The summed E-state index contributed by atoms with van der Waals surface area (Å²) in [5, 5.41) is 17.0. The fraction of sp³-hybridized carbons (Fsp3) is 0.500. The van der Waals surface area contributed by atoms with E-state index in [1.165, 1.54) is 0 Å². The summed E-state index contributed by atoms with van der Waals surface area (Å²) in [6.07, 6.45) is 0.952. The molecular weight excluding hydrogens is 696 g/mol. The lowest BCUT2D eigenvalue weighted by molar-refractivity contribution is -0.147. The minimum atomic E-state index is -2.39. The number of carboxylic acids is 2. The number of esters is 2. The molecule has 278 valence electrons. The molecule has 2 rings (SSSR count). The van der Waals surface area contributed by atoms with Gasteiger partial charge in [0, 0.05) is 0 Å². The largest absolute Gasteiger partial charge is 0.487 e. The number of hydrogen-bond donors (Lipinski definition) is 2. The van der Waals surface area contributed by atoms with E-state index >= 15 is 0 Å². The van der Waals surface area contributed by atoms with Crippen LogP contribution in [0.3, 0.4) is 0 Å². The third kappa shape index (κ3) is 12.4. The van der Waals surface area contributed by atoms with Gasteiger partial charge < -0.3 is 29.2 Å². The molecule has 0 radical (unpaired) electrons. The number of aliphatic carboxylic acids is 2. The van der Waals surface area contributed by atoms with E-state index in [9.17, 15) is 54.3 Å². The van der Waals surface area contributed by atoms with E-state index in [-0.39, 0.29) is 38.9 Å². The number of rotatable bonds is 23. The maximum atomic E-state index is 14.9. The zero-order chi connectivity index (χ0) is 37.4. The highest BCUT2D eigenvalue weighted by atomic mass is 19.2. The van der Waals surface area contributed by atoms with Gasteiger partial charge in [-0.05, 0) is 51.4 Å². The van der Waals surface area contributed by atoms with E-state index in [0.717, 1.165) is 0 Å². The minimum Gasteiger partial charge on any atom is -0.487 e. The summed E-state index contributed by atoms with van der Waals surface area (Å²) in [7, 11) is 0. The number of carbonyl (C=O) groups is 4. The lowest BCUT2D eigenvalue weighted by atomic mass is 10.0. The maximum Gasteiger partial charge on any atom is 0.306 e. The van der Waals surface area contributed by atoms with Gasteiger partial charge in [-0.1, -0.05) is 0 Å². The van der Waals surface area contributed by atoms with Crippen molar-refractivity contribution in [3.8, 4) is 22.6 Å². The second kappa shape index (κ2) is 20.8. The summed E-state index contributed by atoms with van der Waals surface area (Å²) in [6, 6.07) is 0. The van der Waals surface area contributed by atoms with Gasteiger partial charge in [-0.15, -0.1) is 0 Å². The van der Waals surface area contributed by atoms with Crippen molar-refractivity contribution in [3.05, 3.63) is 46.5 Å². The molecular formula is C32H34F8O10. The number of hydrogen-bond acceptors (Lipinski definition) is 8. The standard InChI is InChI=1S/C32H34F8O10/c33-23-21(24(34)28(38)31(27(23)37)49-15-7-3-1-5-13-47-19(45)11-9-17(41)42)22-25(35)29(39)32(30(40)26(22)36)50-16-8-4-2-6-14-48-20(46)12-10-18(43)44/h1-16H2,(H,41,42)(H,43,44). The fourth-order valence-electron chi connectivity index (χ4n) is 4.31. The topological polar surface area (TPSA) is 146 Å². The summed E-state index contributed by atoms with van der Waals surface area (Å²) in [6.45, 7) is -1.01. The molecule has 50 heavy (non-hydrogen) atoms. The molecule has 2 N–H and O–H groups in total. The monoisotopic (exact) mass is 730 g/mol. The molecule has 0 saturated carbocycles. The number of halogens is 8. The Balaban J connectivity index is 1.96. The van der Waals surface area contributed by atoms with Crippen LogP contribution in [-0.2, 0) is 28.7 Å². The second-order valence-corrected chi connectivity index (χ2v) is 10.7. The molecule has 0 saturated heterocycles. The Morgan fingerprint density at radius 3 is 0.960 bits per heavy atom. The molecule has 0 atom stereocenters. The zero-order valence-corrected chi connectivity index (χ0v) is 26.5. The third-order valence-electron chi connectivity index (χ3n) is 6.88. The van der Waals surface area contributed by atoms with Crippen LogP contribution in [-0.4, -0.2) is 60.5 Å². The normalized spacial score (nSPS) is 11.0. The molecule has 0 aliphatic rings. The summed E-state index contributed by atoms with van der Waals surface area (Å²) in [5.74, 6) is -25.3. The molecule has 0 amide bonds. The first-order valence-electron chi connectivity index (χ1n) is 15.4. The molecule has 18 heteroatoms. The van der Waals surface area contributed by atoms with Gasteiger partial charge >= 0.3 is 23.9 Å². The Kier molecular flexibility index (Phi) is 17.3. The highest BCUT2D eigenvalue weighted by Crippen LogP contribution is 2.41. The van der Waals surface area contributed by atoms with Gasteiger partial charge in [0.1, 0.15) is 0 Å². The summed E-state index contributed by atoms with van der Waals surface area (Å²) < 4.78 is 138. The first-order chi connectivity index (χ1) is 23.7. The van der Waals surface area contributed by atoms with Crippen LogP contribution in [0, 0.1) is 46.5 Å². The summed E-state index contributed by atoms with van der Waals surface area (Å²) >= 11 is 0. The Morgan fingerprint density at radius 2 is 0.680 bits per heavy atom. The SMILES string of the molecule is O=C(O)CCC(=O)OCCCCCCOc1c(F)c(F)c(-c2c(F)c(F)c(OCCCCCCOC(=O)CCC(=O)O)c(F)c2F)c(F)c1F. The zero-order valence-electron chi connectivity index (χ0n) is 26.5. The number of carbonyl (C=O) groups excluding carboxylic acids is 2. The average molecular weight is 731 g/mol. The molecule has 2 aromatic rings. The lowest BCUT2D eigenvalue weighted by Crippen LogP contribution is -2.12. The van der Waals surface area contributed by atoms with Gasteiger partial charge in [0.25, 0.3) is 0 Å². The van der Waals surface area contributed by atoms with Crippen LogP contribution in [0.25, 0.3) is 11.1 Å². The van der Waals surface area contributed by atoms with Gasteiger partial charge in [-0.25, -0.2) is 17.6 Å². The molecule has 2 aromatic carbocycles. The smallest absolute Gasteiger partial charge is 0.306 e. The fourth-order valence-corrected chi connectivity index (χ4v) is 4.31. The third-order valence-corrected chi connectivity index (χ3v) is 6.88. The first kappa shape index (κ1) is 41.5. The van der Waals surface area contributed by atoms with Crippen molar-refractivity contribution in [2.24, 2.45) is 0 Å². The van der Waals surface area contributed by atoms with Crippen molar-refractivity contribution in [2.75, 3.05) is 26.4 Å². The first-order valence-corrected chi connectivity index (χ1v) is 15.4. The van der Waals surface area contributed by atoms with E-state index in [0.29, 0.717) is 38.5 Å². The Labute approximate surface area is 280 Å². The van der Waals surface area contributed by atoms with Crippen molar-refractivity contribution in [1.82, 2.24) is 0 Å². The second-order valence-electron chi connectivity index (χ2n) is 10.7. The van der Waals surface area contributed by atoms with Crippen LogP contribution >= 0.6 is 0 Å². The molecule has 0 aliphatic heterocycles. The van der Waals surface area contributed by atoms with Gasteiger partial charge in [-0.2, -0.15) is 17.6 Å². The molecule has 0 aromatic heterocycles. The van der Waals surface area contributed by atoms with Crippen molar-refractivity contribution >= 4 is 23.9 Å². The van der Waals surface area contributed by atoms with Crippen molar-refractivity contribution in [1.29, 1.82) is 0 Å². The maximum absolute atomic E-state index is 14.9.